The van der Waals surface area contributed by atoms with E-state index in [0.717, 1.165) is 28.2 Å². The molecule has 0 N–H and O–H groups in total. The van der Waals surface area contributed by atoms with Crippen molar-refractivity contribution >= 4 is 18.0 Å². The second-order valence-electron chi connectivity index (χ2n) is 4.29. The molecule has 1 aromatic heterocycles. The molecule has 0 radical (unpaired) electrons. The Balaban J connectivity index is 2.09. The summed E-state index contributed by atoms with van der Waals surface area (Å²) < 4.78 is 0. The molecule has 86 valence electrons. The van der Waals surface area contributed by atoms with Gasteiger partial charge in [-0.2, -0.15) is 0 Å². The quantitative estimate of drug-likeness (QED) is 0.702. The zero-order valence-corrected chi connectivity index (χ0v) is 9.61. The maximum Gasteiger partial charge on any atom is 0.116 e. The third kappa shape index (κ3) is 1.23. The molecule has 18 heavy (non-hydrogen) atoms. The van der Waals surface area contributed by atoms with Gasteiger partial charge in [-0.05, 0) is 12.1 Å². The Bertz CT molecular complexity index is 688. The lowest BCUT2D eigenvalue weighted by Crippen LogP contribution is -2.17. The molecule has 0 bridgehead atoms. The smallest absolute Gasteiger partial charge is 0.116 e. The summed E-state index contributed by atoms with van der Waals surface area (Å²) in [6, 6.07) is 8.28. The Kier molecular flexibility index (Phi) is 1.85. The lowest BCUT2D eigenvalue weighted by atomic mass is 10.1. The number of hydrogen-bond acceptors (Lipinski definition) is 4. The predicted molar refractivity (Wildman–Crippen MR) is 71.3 cm³/mol. The molecule has 1 aromatic carbocycles. The molecule has 0 amide bonds. The van der Waals surface area contributed by atoms with Crippen LogP contribution in [0.5, 0.6) is 0 Å². The van der Waals surface area contributed by atoms with Gasteiger partial charge < -0.3 is 4.90 Å². The van der Waals surface area contributed by atoms with Crippen molar-refractivity contribution in [1.29, 1.82) is 0 Å². The van der Waals surface area contributed by atoms with E-state index in [1.54, 1.807) is 6.33 Å². The lowest BCUT2D eigenvalue weighted by Gasteiger charge is -2.19. The monoisotopic (exact) mass is 234 g/mol. The number of hydrogen-bond donors (Lipinski definition) is 0. The van der Waals surface area contributed by atoms with Crippen LogP contribution >= 0.6 is 0 Å². The van der Waals surface area contributed by atoms with Gasteiger partial charge in [-0.1, -0.05) is 18.2 Å². The SMILES string of the molecule is C1=NCN2C1=Cc1cncnc1-c1ccccc12. The van der Waals surface area contributed by atoms with Gasteiger partial charge in [0.25, 0.3) is 0 Å². The van der Waals surface area contributed by atoms with E-state index in [9.17, 15) is 0 Å². The van der Waals surface area contributed by atoms with Crippen molar-refractivity contribution in [3.8, 4) is 11.3 Å². The van der Waals surface area contributed by atoms with Crippen LogP contribution in [0.3, 0.4) is 0 Å². The van der Waals surface area contributed by atoms with Crippen LogP contribution < -0.4 is 4.90 Å². The zero-order chi connectivity index (χ0) is 11.9. The normalized spacial score (nSPS) is 15.6. The molecule has 0 fully saturated rings. The molecule has 4 heteroatoms. The number of fused-ring (bicyclic) bond motifs is 5. The minimum atomic E-state index is 0.671. The van der Waals surface area contributed by atoms with Gasteiger partial charge in [0.1, 0.15) is 13.0 Å². The molecule has 0 spiro atoms. The summed E-state index contributed by atoms with van der Waals surface area (Å²) in [7, 11) is 0. The van der Waals surface area contributed by atoms with E-state index in [0.29, 0.717) is 6.67 Å². The molecule has 3 heterocycles. The van der Waals surface area contributed by atoms with E-state index in [2.05, 4.69) is 38.1 Å². The van der Waals surface area contributed by atoms with Crippen molar-refractivity contribution in [3.05, 3.63) is 48.1 Å². The van der Waals surface area contributed by atoms with Gasteiger partial charge in [-0.25, -0.2) is 9.97 Å². The van der Waals surface area contributed by atoms with Gasteiger partial charge in [0.2, 0.25) is 0 Å². The fraction of sp³-hybridized carbons (Fsp3) is 0.0714. The average Bonchev–Trinajstić information content (AvgIpc) is 2.83. The molecule has 2 aliphatic heterocycles. The number of anilines is 1. The van der Waals surface area contributed by atoms with E-state index >= 15 is 0 Å². The highest BCUT2D eigenvalue weighted by atomic mass is 15.2. The first-order valence-corrected chi connectivity index (χ1v) is 5.82. The molecule has 2 aromatic rings. The summed E-state index contributed by atoms with van der Waals surface area (Å²) in [5.41, 5.74) is 5.40. The topological polar surface area (TPSA) is 41.4 Å². The highest BCUT2D eigenvalue weighted by Gasteiger charge is 2.23. The second kappa shape index (κ2) is 3.50. The second-order valence-corrected chi connectivity index (χ2v) is 4.29. The molecule has 0 unspecified atom stereocenters. The molecule has 0 aliphatic carbocycles. The van der Waals surface area contributed by atoms with E-state index in [-0.39, 0.29) is 0 Å². The summed E-state index contributed by atoms with van der Waals surface area (Å²) in [6.07, 6.45) is 7.44. The predicted octanol–water partition coefficient (Wildman–Crippen LogP) is 2.35. The van der Waals surface area contributed by atoms with Gasteiger partial charge >= 0.3 is 0 Å². The number of rotatable bonds is 0. The standard InChI is InChI=1S/C14H10N4/c1-2-4-13-12(3-1)14-10(6-15-8-17-14)5-11-7-16-9-18(11)13/h1-8H,9H2. The van der Waals surface area contributed by atoms with Crippen molar-refractivity contribution in [3.63, 3.8) is 0 Å². The van der Waals surface area contributed by atoms with E-state index in [1.165, 1.54) is 0 Å². The molecule has 4 rings (SSSR count). The van der Waals surface area contributed by atoms with Crippen molar-refractivity contribution in [1.82, 2.24) is 9.97 Å². The summed E-state index contributed by atoms with van der Waals surface area (Å²) in [6.45, 7) is 0.671. The lowest BCUT2D eigenvalue weighted by molar-refractivity contribution is 1.01. The van der Waals surface area contributed by atoms with Crippen LogP contribution in [-0.2, 0) is 0 Å². The van der Waals surface area contributed by atoms with Crippen molar-refractivity contribution in [2.24, 2.45) is 4.99 Å². The summed E-state index contributed by atoms with van der Waals surface area (Å²) in [4.78, 5) is 15.1. The third-order valence-corrected chi connectivity index (χ3v) is 3.25. The number of nitrogens with zero attached hydrogens (tertiary/aromatic N) is 4. The third-order valence-electron chi connectivity index (χ3n) is 3.25. The van der Waals surface area contributed by atoms with E-state index < -0.39 is 0 Å². The van der Waals surface area contributed by atoms with E-state index in [1.807, 2.05) is 24.5 Å². The van der Waals surface area contributed by atoms with Gasteiger partial charge in [-0.3, -0.25) is 4.99 Å². The highest BCUT2D eigenvalue weighted by Crippen LogP contribution is 2.37. The maximum absolute atomic E-state index is 4.42. The van der Waals surface area contributed by atoms with Crippen LogP contribution in [0.4, 0.5) is 5.69 Å². The number of aliphatic imine (C=N–C) groups is 1. The highest BCUT2D eigenvalue weighted by molar-refractivity contribution is 5.99. The van der Waals surface area contributed by atoms with Gasteiger partial charge in [-0.15, -0.1) is 0 Å². The molecular formula is C14H10N4. The fourth-order valence-electron chi connectivity index (χ4n) is 2.44. The summed E-state index contributed by atoms with van der Waals surface area (Å²) in [5, 5.41) is 0. The van der Waals surface area contributed by atoms with Crippen LogP contribution in [0.25, 0.3) is 17.3 Å². The minimum absolute atomic E-state index is 0.671. The van der Waals surface area contributed by atoms with E-state index in [4.69, 9.17) is 0 Å². The number of para-hydroxylation sites is 1. The fourth-order valence-corrected chi connectivity index (χ4v) is 2.44. The molecular weight excluding hydrogens is 224 g/mol. The van der Waals surface area contributed by atoms with Crippen LogP contribution in [0.15, 0.2) is 47.5 Å². The first-order chi connectivity index (χ1) is 8.93. The summed E-state index contributed by atoms with van der Waals surface area (Å²) >= 11 is 0. The molecule has 2 aliphatic rings. The zero-order valence-electron chi connectivity index (χ0n) is 9.61. The van der Waals surface area contributed by atoms with Gasteiger partial charge in [0.15, 0.2) is 0 Å². The first-order valence-electron chi connectivity index (χ1n) is 5.82. The number of allylic oxidation sites excluding steroid dienone is 1. The van der Waals surface area contributed by atoms with Gasteiger partial charge in [0.05, 0.1) is 17.1 Å². The molecule has 4 nitrogen and oxygen atoms in total. The molecule has 0 saturated heterocycles. The van der Waals surface area contributed by atoms with Crippen LogP contribution in [-0.4, -0.2) is 22.9 Å². The summed E-state index contributed by atoms with van der Waals surface area (Å²) in [5.74, 6) is 0. The van der Waals surface area contributed by atoms with Gasteiger partial charge in [0, 0.05) is 23.5 Å². The van der Waals surface area contributed by atoms with Crippen LogP contribution in [0, 0.1) is 0 Å². The Hall–Kier alpha value is -2.49. The Morgan fingerprint density at radius 3 is 3.11 bits per heavy atom. The minimum Gasteiger partial charge on any atom is -0.319 e. The largest absolute Gasteiger partial charge is 0.319 e. The van der Waals surface area contributed by atoms with Crippen LogP contribution in [0.1, 0.15) is 5.56 Å². The number of benzene rings is 1. The average molecular weight is 234 g/mol. The van der Waals surface area contributed by atoms with Crippen molar-refractivity contribution in [2.45, 2.75) is 0 Å². The molecule has 0 atom stereocenters. The Labute approximate surface area is 104 Å². The maximum atomic E-state index is 4.42. The Morgan fingerprint density at radius 2 is 2.11 bits per heavy atom. The molecule has 0 saturated carbocycles. The van der Waals surface area contributed by atoms with Crippen molar-refractivity contribution in [2.75, 3.05) is 11.6 Å². The van der Waals surface area contributed by atoms with Crippen LogP contribution in [0.2, 0.25) is 0 Å². The first kappa shape index (κ1) is 9.53. The Morgan fingerprint density at radius 1 is 1.17 bits per heavy atom. The van der Waals surface area contributed by atoms with Crippen molar-refractivity contribution < 1.29 is 0 Å². The number of aromatic nitrogens is 2.